The van der Waals surface area contributed by atoms with Gasteiger partial charge in [0.05, 0.1) is 18.4 Å². The van der Waals surface area contributed by atoms with Crippen molar-refractivity contribution >= 4 is 52.9 Å². The molecule has 6 atom stereocenters. The summed E-state index contributed by atoms with van der Waals surface area (Å²) in [4.78, 5) is 137. The molecule has 13 aromatic heterocycles. The van der Waals surface area contributed by atoms with Crippen LogP contribution >= 0.6 is 0 Å². The molecule has 8 N–H and O–H groups in total. The third-order valence-electron chi connectivity index (χ3n) is 27.3. The maximum absolute atomic E-state index is 13.0. The van der Waals surface area contributed by atoms with Crippen LogP contribution in [0.2, 0.25) is 0 Å². The van der Waals surface area contributed by atoms with E-state index < -0.39 is 0 Å². The van der Waals surface area contributed by atoms with Crippen molar-refractivity contribution in [1.82, 2.24) is 136 Å². The van der Waals surface area contributed by atoms with Crippen molar-refractivity contribution in [1.29, 1.82) is 0 Å². The van der Waals surface area contributed by atoms with Crippen LogP contribution in [0.4, 0.5) is 5.69 Å². The Hall–Kier alpha value is -15.9. The van der Waals surface area contributed by atoms with Gasteiger partial charge in [-0.1, -0.05) is 118 Å². The van der Waals surface area contributed by atoms with Gasteiger partial charge in [0.25, 0.3) is 41.4 Å². The van der Waals surface area contributed by atoms with Crippen LogP contribution < -0.4 is 15.4 Å². The van der Waals surface area contributed by atoms with Crippen LogP contribution in [-0.2, 0) is 11.8 Å². The molecular formula is C111H136N28O9. The predicted octanol–water partition coefficient (Wildman–Crippen LogP) is 16.5. The summed E-state index contributed by atoms with van der Waals surface area (Å²) < 4.78 is 7.60. The van der Waals surface area contributed by atoms with Crippen molar-refractivity contribution in [2.24, 2.45) is 7.05 Å². The molecule has 6 fully saturated rings. The SMILES string of the molecule is CC(=O)Nc1cc(C)nc(C2CCN(C(=O)c3cc(C(C)C)[nH]n3)C2)c1.CC(C)c1cc(C(=O)N2CCC(Oc3ccccn3)C2)n[nH]1.CC(C)c1cc(C(=O)N2CCC(c3ccccn3)C2)n[nH]1.CNC(=O)c1cc(C)nc(C2CCN(C(=O)c3cc(C(C)C)[nH]n3)C2)c1.Cc1cc(-c2cnn(C)c2)cc(C2CCN(C(=O)c3cc(-c4ccccc4)n[nH]3)C2)n1.Cc1cccc(C2CCN(C(=O)c3cc(C(C)C)[nH]n3)C2)n1. The second-order valence-corrected chi connectivity index (χ2v) is 40.4. The van der Waals surface area contributed by atoms with Crippen molar-refractivity contribution < 1.29 is 43.1 Å². The Morgan fingerprint density at radius 1 is 0.365 bits per heavy atom. The number of benzene rings is 1. The molecule has 0 aliphatic carbocycles. The molecular weight excluding hydrogens is 1870 g/mol. The molecule has 0 radical (unpaired) electrons. The van der Waals surface area contributed by atoms with Gasteiger partial charge in [0.1, 0.15) is 40.3 Å². The van der Waals surface area contributed by atoms with Gasteiger partial charge in [-0.3, -0.25) is 98.6 Å². The molecule has 148 heavy (non-hydrogen) atoms. The number of hydrogen-bond donors (Lipinski definition) is 8. The highest BCUT2D eigenvalue weighted by Crippen LogP contribution is 2.37. The molecule has 0 bridgehead atoms. The highest BCUT2D eigenvalue weighted by Gasteiger charge is 2.38. The van der Waals surface area contributed by atoms with Crippen molar-refractivity contribution in [3.63, 3.8) is 0 Å². The first-order valence-corrected chi connectivity index (χ1v) is 51.1. The zero-order chi connectivity index (χ0) is 105. The highest BCUT2D eigenvalue weighted by atomic mass is 16.5. The molecule has 1 aromatic carbocycles. The predicted molar refractivity (Wildman–Crippen MR) is 563 cm³/mol. The summed E-state index contributed by atoms with van der Waals surface area (Å²) in [5, 5.41) is 52.4. The molecule has 6 unspecified atom stereocenters. The van der Waals surface area contributed by atoms with E-state index in [4.69, 9.17) is 9.72 Å². The van der Waals surface area contributed by atoms with E-state index in [-0.39, 0.29) is 71.1 Å². The molecule has 19 heterocycles. The van der Waals surface area contributed by atoms with E-state index in [1.54, 1.807) is 28.9 Å². The standard InChI is InChI=1S/C24H24N6O.2C19H25N5O2.C17H22N4O.C16H20N4O2.C16H20N4O/c1-16-10-19(20-13-25-29(2)14-20)11-21(26-16)18-8-9-30(15-18)24(31)23-12-22(27-28-23)17-6-4-3-5-7-17;1-11(2)15-9-17(23-22-15)19(26)24-6-5-13(10-24)16-8-14(18(25)20-4)7-12(3)21-16;1-11(2)16-9-18(23-22-16)19(26)24-6-5-14(10-24)17-8-15(21-13(4)25)7-12(3)20-17;1-11(2)15-9-16(20-19-15)17(22)21-8-7-13(10-21)14-6-4-5-12(3)18-14;1-11(2)13-9-14(19-18-13)16(21)20-8-6-12(10-20)22-15-5-3-4-7-17-15;1-11(2)14-9-15(19-18-14)16(21)20-8-6-12(10-20)13-5-3-4-7-17-13/h3-7,10-14,18H,8-9,15H2,1-2H3,(H,27,28);7-9,11,13H,5-6,10H2,1-4H3,(H,20,25)(H,22,23);7-9,11,14H,5-6,10H2,1-4H3,(H,22,23)(H,20,21,25);4-6,9,11,13H,7-8,10H2,1-3H3,(H,19,20);3-5,7,9,11-12H,6,8,10H2,1-2H3,(H,18,19);3-5,7,9,11-12H,6,8,10H2,1-2H3,(H,18,19). The molecule has 14 aromatic rings. The molecule has 6 aliphatic heterocycles. The zero-order valence-electron chi connectivity index (χ0n) is 87.5. The minimum atomic E-state index is -0.125. The molecule has 6 aliphatic rings. The van der Waals surface area contributed by atoms with E-state index in [1.807, 2.05) is 211 Å². The summed E-state index contributed by atoms with van der Waals surface area (Å²) in [5.74, 6) is 3.01. The quantitative estimate of drug-likeness (QED) is 0.0312. The number of aryl methyl sites for hydroxylation is 5. The van der Waals surface area contributed by atoms with E-state index >= 15 is 0 Å². The largest absolute Gasteiger partial charge is 0.472 e. The minimum Gasteiger partial charge on any atom is -0.472 e. The molecule has 20 rings (SSSR count). The van der Waals surface area contributed by atoms with Crippen LogP contribution in [0.1, 0.15) is 327 Å². The number of aromatic amines is 6. The number of H-pyrrole nitrogens is 6. The lowest BCUT2D eigenvalue weighted by molar-refractivity contribution is -0.114. The summed E-state index contributed by atoms with van der Waals surface area (Å²) in [7, 11) is 3.53. The number of pyridine rings is 6. The zero-order valence-corrected chi connectivity index (χ0v) is 87.5. The van der Waals surface area contributed by atoms with Crippen molar-refractivity contribution in [2.75, 3.05) is 90.9 Å². The van der Waals surface area contributed by atoms with Gasteiger partial charge in [-0.15, -0.1) is 0 Å². The van der Waals surface area contributed by atoms with Crippen LogP contribution in [0.5, 0.6) is 5.88 Å². The Labute approximate surface area is 862 Å². The Morgan fingerprint density at radius 2 is 0.764 bits per heavy atom. The summed E-state index contributed by atoms with van der Waals surface area (Å²) >= 11 is 0. The van der Waals surface area contributed by atoms with Crippen LogP contribution in [0.3, 0.4) is 0 Å². The monoisotopic (exact) mass is 2010 g/mol. The maximum atomic E-state index is 13.0. The Morgan fingerprint density at radius 3 is 1.18 bits per heavy atom. The van der Waals surface area contributed by atoms with E-state index in [0.717, 1.165) is 172 Å². The highest BCUT2D eigenvalue weighted by molar-refractivity contribution is 5.97. The molecule has 0 spiro atoms. The van der Waals surface area contributed by atoms with Gasteiger partial charge in [0.2, 0.25) is 11.8 Å². The van der Waals surface area contributed by atoms with E-state index in [0.29, 0.717) is 139 Å². The Bertz CT molecular complexity index is 6890. The number of aromatic nitrogens is 20. The number of nitrogens with one attached hydrogen (secondary N) is 8. The first-order chi connectivity index (χ1) is 71.1. The lowest BCUT2D eigenvalue weighted by Crippen LogP contribution is -2.31. The number of ether oxygens (including phenoxy) is 1. The normalized spacial score (nSPS) is 17.3. The number of amides is 8. The Kier molecular flexibility index (Phi) is 35.2. The van der Waals surface area contributed by atoms with Gasteiger partial charge < -0.3 is 44.8 Å². The number of anilines is 1. The first kappa shape index (κ1) is 106. The van der Waals surface area contributed by atoms with Gasteiger partial charge in [0, 0.05) is 256 Å². The lowest BCUT2D eigenvalue weighted by Gasteiger charge is -2.16. The first-order valence-electron chi connectivity index (χ1n) is 51.1. The number of rotatable bonds is 22. The second-order valence-electron chi connectivity index (χ2n) is 40.4. The van der Waals surface area contributed by atoms with Crippen LogP contribution in [-0.4, -0.2) is 269 Å². The molecule has 0 saturated carbocycles. The number of likely N-dealkylation sites (tertiary alicyclic amines) is 6. The number of hydrogen-bond acceptors (Lipinski definition) is 22. The summed E-state index contributed by atoms with van der Waals surface area (Å²) in [6, 6.07) is 50.1. The summed E-state index contributed by atoms with van der Waals surface area (Å²) in [6.07, 6.45) is 12.7. The smallest absolute Gasteiger partial charge is 0.274 e. The van der Waals surface area contributed by atoms with Crippen LogP contribution in [0, 0.1) is 27.7 Å². The van der Waals surface area contributed by atoms with Crippen molar-refractivity contribution in [3.8, 4) is 28.3 Å². The van der Waals surface area contributed by atoms with Gasteiger partial charge in [-0.2, -0.15) is 35.7 Å². The number of carbonyl (C=O) groups excluding carboxylic acids is 8. The van der Waals surface area contributed by atoms with Crippen molar-refractivity contribution in [2.45, 2.75) is 208 Å². The fourth-order valence-corrected chi connectivity index (χ4v) is 18.8. The van der Waals surface area contributed by atoms with Crippen LogP contribution in [0.15, 0.2) is 183 Å². The molecule has 6 saturated heterocycles. The van der Waals surface area contributed by atoms with E-state index in [1.165, 1.54) is 6.92 Å². The van der Waals surface area contributed by atoms with Gasteiger partial charge in [-0.25, -0.2) is 4.98 Å². The summed E-state index contributed by atoms with van der Waals surface area (Å²) in [6.45, 7) is 38.1. The third kappa shape index (κ3) is 27.5. The number of nitrogens with zero attached hydrogens (tertiary/aromatic N) is 20. The molecule has 37 heteroatoms. The second kappa shape index (κ2) is 48.9. The van der Waals surface area contributed by atoms with E-state index in [9.17, 15) is 38.4 Å². The van der Waals surface area contributed by atoms with Gasteiger partial charge in [-0.05, 0) is 198 Å². The third-order valence-corrected chi connectivity index (χ3v) is 27.3. The molecule has 8 amide bonds. The van der Waals surface area contributed by atoms with Gasteiger partial charge >= 0.3 is 0 Å². The number of carbonyl (C=O) groups is 8. The fraction of sp³-hybridized carbons (Fsp3) is 0.414. The van der Waals surface area contributed by atoms with E-state index in [2.05, 4.69) is 189 Å². The lowest BCUT2D eigenvalue weighted by atomic mass is 10.00. The maximum Gasteiger partial charge on any atom is 0.274 e. The van der Waals surface area contributed by atoms with Crippen LogP contribution in [0.25, 0.3) is 22.4 Å². The van der Waals surface area contributed by atoms with Gasteiger partial charge in [0.15, 0.2) is 0 Å². The topological polar surface area (TPSA) is 457 Å². The average molecular weight is 2010 g/mol. The minimum absolute atomic E-state index is 0.0107. The summed E-state index contributed by atoms with van der Waals surface area (Å²) in [5.41, 5.74) is 21.8. The van der Waals surface area contributed by atoms with Crippen molar-refractivity contribution in [3.05, 3.63) is 302 Å². The Balaban J connectivity index is 0.000000134. The average Bonchev–Trinajstić information content (AvgIpc) is 1.70. The fourth-order valence-electron chi connectivity index (χ4n) is 18.8. The molecule has 37 nitrogen and oxygen atoms in total. The molecule has 774 valence electrons.